The smallest absolute Gasteiger partial charge is 0.317 e. The van der Waals surface area contributed by atoms with Crippen molar-refractivity contribution in [2.24, 2.45) is 11.8 Å². The number of carbonyl (C=O) groups excluding carboxylic acids is 4. The van der Waals surface area contributed by atoms with Gasteiger partial charge in [0.15, 0.2) is 0 Å². The molecule has 83 heavy (non-hydrogen) atoms. The summed E-state index contributed by atoms with van der Waals surface area (Å²) in [5, 5.41) is 49.5. The van der Waals surface area contributed by atoms with Crippen molar-refractivity contribution in [1.82, 2.24) is 45.4 Å². The number of halogens is 2. The van der Waals surface area contributed by atoms with Crippen LogP contribution in [0.5, 0.6) is 5.75 Å². The van der Waals surface area contributed by atoms with Crippen LogP contribution in [0.1, 0.15) is 48.0 Å². The zero-order valence-electron chi connectivity index (χ0n) is 46.1. The molecule has 4 aromatic carbocycles. The van der Waals surface area contributed by atoms with Gasteiger partial charge in [-0.25, -0.2) is 8.78 Å². The Morgan fingerprint density at radius 2 is 1.29 bits per heavy atom. The molecule has 21 nitrogen and oxygen atoms in total. The maximum Gasteiger partial charge on any atom is 0.317 e. The van der Waals surface area contributed by atoms with Crippen molar-refractivity contribution >= 4 is 63.2 Å². The van der Waals surface area contributed by atoms with Gasteiger partial charge in [0.25, 0.3) is 11.8 Å². The molecule has 6 N–H and O–H groups in total. The number of nitriles is 1. The minimum Gasteiger partial charge on any atom is -0.491 e. The van der Waals surface area contributed by atoms with E-state index in [0.717, 1.165) is 32.4 Å². The second-order valence-corrected chi connectivity index (χ2v) is 21.7. The van der Waals surface area contributed by atoms with Crippen molar-refractivity contribution in [2.45, 2.75) is 56.5 Å². The van der Waals surface area contributed by atoms with E-state index in [-0.39, 0.29) is 88.2 Å². The lowest BCUT2D eigenvalue weighted by Gasteiger charge is -2.33. The summed E-state index contributed by atoms with van der Waals surface area (Å²) >= 11 is 0. The van der Waals surface area contributed by atoms with Gasteiger partial charge < -0.3 is 40.9 Å². The van der Waals surface area contributed by atoms with E-state index in [9.17, 15) is 62.9 Å². The Morgan fingerprint density at radius 1 is 0.699 bits per heavy atom. The van der Waals surface area contributed by atoms with E-state index in [4.69, 9.17) is 4.74 Å². The average Bonchev–Trinajstić information content (AvgIpc) is 3.96. The molecule has 2 saturated heterocycles. The van der Waals surface area contributed by atoms with Gasteiger partial charge >= 0.3 is 17.9 Å². The van der Waals surface area contributed by atoms with E-state index in [0.29, 0.717) is 81.5 Å². The summed E-state index contributed by atoms with van der Waals surface area (Å²) in [6, 6.07) is 28.6. The summed E-state index contributed by atoms with van der Waals surface area (Å²) in [7, 11) is 0. The second-order valence-electron chi connectivity index (χ2n) is 21.7. The van der Waals surface area contributed by atoms with Crippen LogP contribution in [0.25, 0.3) is 32.8 Å². The number of aliphatic carboxylic acids is 3. The fourth-order valence-corrected chi connectivity index (χ4v) is 11.1. The molecule has 5 aromatic rings. The molecule has 1 saturated carbocycles. The molecule has 0 spiro atoms. The van der Waals surface area contributed by atoms with E-state index in [2.05, 4.69) is 33.1 Å². The van der Waals surface area contributed by atoms with E-state index in [1.54, 1.807) is 32.9 Å². The first-order chi connectivity index (χ1) is 39.9. The molecule has 3 fully saturated rings. The Labute approximate surface area is 479 Å². The van der Waals surface area contributed by atoms with E-state index < -0.39 is 67.2 Å². The lowest BCUT2D eigenvalue weighted by Crippen LogP contribution is -2.50. The number of carboxylic acid groups (broad SMARTS) is 3. The highest BCUT2D eigenvalue weighted by Gasteiger charge is 2.47. The summed E-state index contributed by atoms with van der Waals surface area (Å²) in [4.78, 5) is 101. The molecule has 1 aliphatic carbocycles. The number of hydrogen-bond acceptors (Lipinski definition) is 14. The zero-order valence-corrected chi connectivity index (χ0v) is 46.1. The highest BCUT2D eigenvalue weighted by atomic mass is 19.3. The topological polar surface area (TPSA) is 278 Å². The molecule has 0 radical (unpaired) electrons. The van der Waals surface area contributed by atoms with Gasteiger partial charge in [-0.3, -0.25) is 58.1 Å². The molecule has 1 aromatic heterocycles. The van der Waals surface area contributed by atoms with Crippen LogP contribution < -0.4 is 20.7 Å². The lowest BCUT2D eigenvalue weighted by atomic mass is 9.81. The number of benzene rings is 4. The first-order valence-corrected chi connectivity index (χ1v) is 27.9. The van der Waals surface area contributed by atoms with Crippen LogP contribution in [0.2, 0.25) is 0 Å². The molecule has 2 aliphatic heterocycles. The van der Waals surface area contributed by atoms with Gasteiger partial charge in [-0.05, 0) is 95.8 Å². The fourth-order valence-electron chi connectivity index (χ4n) is 11.1. The predicted octanol–water partition coefficient (Wildman–Crippen LogP) is 4.05. The molecule has 4 amide bonds. The molecule has 3 aliphatic rings. The molecule has 2 atom stereocenters. The van der Waals surface area contributed by atoms with Crippen LogP contribution in [0.4, 0.5) is 8.78 Å². The van der Waals surface area contributed by atoms with Gasteiger partial charge in [0.05, 0.1) is 62.5 Å². The number of pyridine rings is 1. The molecule has 0 unspecified atom stereocenters. The Morgan fingerprint density at radius 3 is 1.89 bits per heavy atom. The molecular weight excluding hydrogens is 1070 g/mol. The number of hydrogen-bond donors (Lipinski definition) is 6. The Hall–Kier alpha value is -8.17. The van der Waals surface area contributed by atoms with Crippen LogP contribution in [-0.4, -0.2) is 209 Å². The third kappa shape index (κ3) is 17.9. The second kappa shape index (κ2) is 28.7. The van der Waals surface area contributed by atoms with Crippen molar-refractivity contribution in [2.75, 3.05) is 105 Å². The normalized spacial score (nSPS) is 19.8. The summed E-state index contributed by atoms with van der Waals surface area (Å²) in [6.07, 6.45) is 3.87. The van der Waals surface area contributed by atoms with E-state index in [1.807, 2.05) is 65.6 Å². The van der Waals surface area contributed by atoms with E-state index >= 15 is 0 Å². The first-order valence-electron chi connectivity index (χ1n) is 27.9. The van der Waals surface area contributed by atoms with Crippen LogP contribution in [-0.2, 0) is 35.2 Å². The highest BCUT2D eigenvalue weighted by molar-refractivity contribution is 6.07. The number of rotatable bonds is 21. The largest absolute Gasteiger partial charge is 0.491 e. The predicted molar refractivity (Wildman–Crippen MR) is 302 cm³/mol. The van der Waals surface area contributed by atoms with Crippen molar-refractivity contribution in [1.29, 1.82) is 5.26 Å². The summed E-state index contributed by atoms with van der Waals surface area (Å²) in [5.74, 6) is -7.54. The third-order valence-corrected chi connectivity index (χ3v) is 15.6. The van der Waals surface area contributed by atoms with Crippen LogP contribution in [0, 0.1) is 23.2 Å². The van der Waals surface area contributed by atoms with Gasteiger partial charge in [0.2, 0.25) is 17.7 Å². The zero-order chi connectivity index (χ0) is 59.0. The number of aromatic nitrogens is 1. The van der Waals surface area contributed by atoms with Gasteiger partial charge in [0.1, 0.15) is 18.4 Å². The number of carboxylic acids is 3. The van der Waals surface area contributed by atoms with Crippen LogP contribution in [0.15, 0.2) is 97.2 Å². The minimum absolute atomic E-state index is 0.0109. The van der Waals surface area contributed by atoms with Crippen LogP contribution in [0.3, 0.4) is 0 Å². The maximum atomic E-state index is 14.1. The quantitative estimate of drug-likeness (QED) is 0.0605. The molecule has 0 bridgehead atoms. The van der Waals surface area contributed by atoms with Gasteiger partial charge in [-0.1, -0.05) is 60.7 Å². The number of fused-ring (bicyclic) bond motifs is 2. The Balaban J connectivity index is 0.853. The fraction of sp³-hybridized carbons (Fsp3) is 0.450. The van der Waals surface area contributed by atoms with Crippen molar-refractivity contribution in [3.8, 4) is 22.9 Å². The molecule has 440 valence electrons. The summed E-state index contributed by atoms with van der Waals surface area (Å²) in [6.45, 7) is 0.686. The van der Waals surface area contributed by atoms with Crippen molar-refractivity contribution < 1.29 is 62.4 Å². The summed E-state index contributed by atoms with van der Waals surface area (Å²) in [5.41, 5.74) is 3.32. The standard InChI is InChI=1S/C60H70F2N10O11/c61-60(62)30-48(31-63)72(39-60)54(74)33-66-59(82)50-17-18-64-52-16-13-46(29-51(50)52)43-11-14-49(15-12-43)83-38-47(28-41-7-8-42-3-1-2-4-45(42)27-41)67-58(81)44-9-5-40(6-10-44)32-65-53(73)34-68-19-21-69(35-55(75)76)23-25-71(37-57(79)80)26-24-70(22-20-68)36-56(77)78/h1-4,7-8,11-18,27,29,40,44,47-48H,5-6,9-10,19-26,28,30,32-39H2,(H,65,73)(H,66,82)(H,67,81)(H,75,76)(H,77,78)(H,79,80)/t40?,44?,47-,48-/m0/s1. The number of likely N-dealkylation sites (tertiary alicyclic amines) is 1. The number of alkyl halides is 2. The highest BCUT2D eigenvalue weighted by Crippen LogP contribution is 2.33. The monoisotopic (exact) mass is 1140 g/mol. The Bertz CT molecular complexity index is 3140. The van der Waals surface area contributed by atoms with Crippen molar-refractivity contribution in [3.05, 3.63) is 108 Å². The first kappa shape index (κ1) is 60.9. The molecule has 23 heteroatoms. The van der Waals surface area contributed by atoms with Crippen molar-refractivity contribution in [3.63, 3.8) is 0 Å². The number of nitrogens with one attached hydrogen (secondary N) is 3. The average molecular weight is 1150 g/mol. The van der Waals surface area contributed by atoms with E-state index in [1.165, 1.54) is 12.3 Å². The molecular formula is C60H70F2N10O11. The van der Waals surface area contributed by atoms with Gasteiger partial charge in [-0.15, -0.1) is 0 Å². The Kier molecular flexibility index (Phi) is 21.1. The van der Waals surface area contributed by atoms with Crippen LogP contribution >= 0.6 is 0 Å². The third-order valence-electron chi connectivity index (χ3n) is 15.6. The number of amides is 4. The number of carbonyl (C=O) groups is 7. The van der Waals surface area contributed by atoms with Gasteiger partial charge in [-0.2, -0.15) is 5.26 Å². The summed E-state index contributed by atoms with van der Waals surface area (Å²) < 4.78 is 34.4. The number of nitrogens with zero attached hydrogens (tertiary/aromatic N) is 7. The number of ether oxygens (including phenoxy) is 1. The van der Waals surface area contributed by atoms with Gasteiger partial charge in [0, 0.05) is 82.8 Å². The molecule has 8 rings (SSSR count). The SMILES string of the molecule is N#C[C@@H]1CC(F)(F)CN1C(=O)CNC(=O)c1ccnc2ccc(-c3ccc(OC[C@H](Cc4ccc5ccccc5c4)NC(=O)C4CCC(CNC(=O)CN5CCN(CC(=O)O)CCN(CC(=O)O)CCN(CC(=O)O)CC5)CC4)cc3)cc12. The molecule has 3 heterocycles. The maximum absolute atomic E-state index is 14.1. The minimum atomic E-state index is -3.19. The lowest BCUT2D eigenvalue weighted by molar-refractivity contribution is -0.140.